The third-order valence-electron chi connectivity index (χ3n) is 7.31. The van der Waals surface area contributed by atoms with E-state index in [1.807, 2.05) is 6.92 Å². The maximum Gasteiger partial charge on any atom is 0.352 e. The van der Waals surface area contributed by atoms with Gasteiger partial charge in [0.2, 0.25) is 11.8 Å². The van der Waals surface area contributed by atoms with Crippen LogP contribution in [0.5, 0.6) is 0 Å². The monoisotopic (exact) mass is 664 g/mol. The van der Waals surface area contributed by atoms with Gasteiger partial charge in [-0.3, -0.25) is 33.8 Å². The Labute approximate surface area is 268 Å². The van der Waals surface area contributed by atoms with Crippen LogP contribution in [0, 0.1) is 6.92 Å². The molecular weight excluding hydrogens is 641 g/mol. The van der Waals surface area contributed by atoms with Crippen molar-refractivity contribution >= 4 is 70.4 Å². The van der Waals surface area contributed by atoms with Crippen LogP contribution in [-0.2, 0) is 19.2 Å². The smallest absolute Gasteiger partial charge is 0.352 e. The molecule has 3 atom stereocenters. The number of rotatable bonds is 10. The number of β-lactam (4-membered cyclic amide) rings is 1. The average molecular weight is 665 g/mol. The van der Waals surface area contributed by atoms with E-state index in [-0.39, 0.29) is 16.8 Å². The second-order valence-electron chi connectivity index (χ2n) is 10.2. The Balaban J connectivity index is 1.15. The van der Waals surface area contributed by atoms with Crippen molar-refractivity contribution in [1.29, 1.82) is 0 Å². The highest BCUT2D eigenvalue weighted by molar-refractivity contribution is 8.01. The van der Waals surface area contributed by atoms with E-state index < -0.39 is 59.5 Å². The zero-order chi connectivity index (χ0) is 31.8. The molecule has 16 heteroatoms. The van der Waals surface area contributed by atoms with Crippen LogP contribution < -0.4 is 10.6 Å². The first-order valence-corrected chi connectivity index (χ1v) is 16.4. The van der Waals surface area contributed by atoms with E-state index in [1.165, 1.54) is 51.9 Å². The lowest BCUT2D eigenvalue weighted by Gasteiger charge is -2.49. The molecule has 2 aromatic carbocycles. The molecule has 1 saturated heterocycles. The summed E-state index contributed by atoms with van der Waals surface area (Å²) in [6, 6.07) is 12.3. The number of fused-ring (bicyclic) bond motifs is 2. The number of thioether (sulfide) groups is 2. The Bertz CT molecular complexity index is 1740. The highest BCUT2D eigenvalue weighted by atomic mass is 32.2. The van der Waals surface area contributed by atoms with Crippen LogP contribution in [0.25, 0.3) is 0 Å². The summed E-state index contributed by atoms with van der Waals surface area (Å²) in [6.45, 7) is 1.21. The van der Waals surface area contributed by atoms with Gasteiger partial charge in [0.05, 0.1) is 11.1 Å². The molecule has 2 unspecified atom stereocenters. The minimum Gasteiger partial charge on any atom is -0.477 e. The minimum absolute atomic E-state index is 0.114. The van der Waals surface area contributed by atoms with Crippen LogP contribution in [0.3, 0.4) is 0 Å². The first kappa shape index (κ1) is 30.5. The van der Waals surface area contributed by atoms with Gasteiger partial charge in [-0.25, -0.2) is 4.79 Å². The van der Waals surface area contributed by atoms with Crippen molar-refractivity contribution in [3.63, 3.8) is 0 Å². The highest BCUT2D eigenvalue weighted by Crippen LogP contribution is 2.42. The number of hydrogen-bond acceptors (Lipinski definition) is 11. The van der Waals surface area contributed by atoms with Crippen LogP contribution >= 0.6 is 34.9 Å². The molecule has 3 aliphatic heterocycles. The van der Waals surface area contributed by atoms with Gasteiger partial charge in [0.25, 0.3) is 17.7 Å². The predicted molar refractivity (Wildman–Crippen MR) is 164 cm³/mol. The van der Waals surface area contributed by atoms with Crippen LogP contribution in [-0.4, -0.2) is 90.1 Å². The van der Waals surface area contributed by atoms with Crippen molar-refractivity contribution < 1.29 is 33.9 Å². The predicted octanol–water partition coefficient (Wildman–Crippen LogP) is 1.83. The maximum absolute atomic E-state index is 13.6. The lowest BCUT2D eigenvalue weighted by atomic mass is 10.0. The van der Waals surface area contributed by atoms with Crippen molar-refractivity contribution in [2.75, 3.05) is 18.1 Å². The number of benzene rings is 2. The van der Waals surface area contributed by atoms with Gasteiger partial charge < -0.3 is 15.7 Å². The number of carbonyl (C=O) groups is 6. The number of carboxylic acids is 1. The maximum atomic E-state index is 13.6. The van der Waals surface area contributed by atoms with E-state index in [0.29, 0.717) is 27.0 Å². The number of aromatic nitrogens is 2. The molecule has 0 spiro atoms. The van der Waals surface area contributed by atoms with E-state index in [4.69, 9.17) is 0 Å². The summed E-state index contributed by atoms with van der Waals surface area (Å²) in [7, 11) is 0. The molecule has 1 aromatic heterocycles. The number of imide groups is 1. The standard InChI is InChI=1S/C29H24N6O7S3/c1-14-32-33-29(45-14)44-13-16-12-43-27-21(26(40)35(27)22(16)28(41)42)31-23(37)20(15-7-3-2-4-8-15)30-19(36)11-34-24(38)17-9-5-6-10-18(17)25(34)39/h2-10,20-21,27H,11-13H2,1H3,(H,30,36)(H,31,37)(H,41,42)/t20?,21?,27-/m0/s1. The summed E-state index contributed by atoms with van der Waals surface area (Å²) in [5.41, 5.74) is 1.23. The van der Waals surface area contributed by atoms with E-state index in [9.17, 15) is 33.9 Å². The Kier molecular flexibility index (Phi) is 8.44. The molecule has 4 heterocycles. The van der Waals surface area contributed by atoms with Crippen molar-refractivity contribution in [3.05, 3.63) is 87.6 Å². The minimum atomic E-state index is -1.26. The van der Waals surface area contributed by atoms with Crippen LogP contribution in [0.1, 0.15) is 37.3 Å². The molecule has 6 rings (SSSR count). The Morgan fingerprint density at radius 1 is 1.02 bits per heavy atom. The third kappa shape index (κ3) is 5.83. The van der Waals surface area contributed by atoms with Crippen LogP contribution in [0.4, 0.5) is 0 Å². The molecule has 0 bridgehead atoms. The number of amides is 5. The van der Waals surface area contributed by atoms with Crippen molar-refractivity contribution in [1.82, 2.24) is 30.6 Å². The van der Waals surface area contributed by atoms with Gasteiger partial charge in [0, 0.05) is 11.5 Å². The lowest BCUT2D eigenvalue weighted by Crippen LogP contribution is -2.71. The molecule has 3 aromatic rings. The van der Waals surface area contributed by atoms with E-state index in [1.54, 1.807) is 42.5 Å². The van der Waals surface area contributed by atoms with Gasteiger partial charge in [-0.05, 0) is 30.2 Å². The molecule has 3 aliphatic rings. The molecule has 0 saturated carbocycles. The van der Waals surface area contributed by atoms with Gasteiger partial charge in [0.15, 0.2) is 4.34 Å². The fraction of sp³-hybridized carbons (Fsp3) is 0.241. The molecule has 1 fully saturated rings. The summed E-state index contributed by atoms with van der Waals surface area (Å²) < 4.78 is 0.689. The summed E-state index contributed by atoms with van der Waals surface area (Å²) in [5, 5.41) is 23.4. The second-order valence-corrected chi connectivity index (χ2v) is 13.7. The van der Waals surface area contributed by atoms with E-state index in [0.717, 1.165) is 9.91 Å². The summed E-state index contributed by atoms with van der Waals surface area (Å²) >= 11 is 4.06. The Morgan fingerprint density at radius 2 is 1.69 bits per heavy atom. The van der Waals surface area contributed by atoms with Gasteiger partial charge in [0.1, 0.15) is 34.7 Å². The first-order valence-electron chi connectivity index (χ1n) is 13.6. The average Bonchev–Trinajstić information content (AvgIpc) is 3.57. The van der Waals surface area contributed by atoms with Crippen LogP contribution in [0.15, 0.2) is 70.2 Å². The topological polar surface area (TPSA) is 179 Å². The summed E-state index contributed by atoms with van der Waals surface area (Å²) in [4.78, 5) is 79.7. The molecule has 0 aliphatic carbocycles. The van der Waals surface area contributed by atoms with E-state index in [2.05, 4.69) is 20.8 Å². The van der Waals surface area contributed by atoms with Gasteiger partial charge in [-0.1, -0.05) is 65.6 Å². The van der Waals surface area contributed by atoms with E-state index >= 15 is 0 Å². The Morgan fingerprint density at radius 3 is 2.31 bits per heavy atom. The summed E-state index contributed by atoms with van der Waals surface area (Å²) in [5.74, 6) is -3.88. The molecule has 230 valence electrons. The number of aryl methyl sites for hydroxylation is 1. The largest absolute Gasteiger partial charge is 0.477 e. The molecule has 13 nitrogen and oxygen atoms in total. The second kappa shape index (κ2) is 12.5. The van der Waals surface area contributed by atoms with Crippen molar-refractivity contribution in [3.8, 4) is 0 Å². The third-order valence-corrected chi connectivity index (χ3v) is 10.7. The number of nitrogens with one attached hydrogen (secondary N) is 2. The summed E-state index contributed by atoms with van der Waals surface area (Å²) in [6.07, 6.45) is 0. The van der Waals surface area contributed by atoms with Crippen molar-refractivity contribution in [2.24, 2.45) is 0 Å². The molecule has 0 radical (unpaired) electrons. The number of carboxylic acid groups (broad SMARTS) is 1. The fourth-order valence-corrected chi connectivity index (χ4v) is 8.50. The fourth-order valence-electron chi connectivity index (χ4n) is 5.20. The zero-order valence-electron chi connectivity index (χ0n) is 23.5. The first-order chi connectivity index (χ1) is 21.6. The molecule has 45 heavy (non-hydrogen) atoms. The molecular formula is C29H24N6O7S3. The quantitative estimate of drug-likeness (QED) is 0.164. The van der Waals surface area contributed by atoms with Gasteiger partial charge in [-0.2, -0.15) is 0 Å². The Hall–Kier alpha value is -4.54. The van der Waals surface area contributed by atoms with Crippen LogP contribution in [0.2, 0.25) is 0 Å². The number of hydrogen-bond donors (Lipinski definition) is 3. The number of nitrogens with zero attached hydrogens (tertiary/aromatic N) is 4. The van der Waals surface area contributed by atoms with Gasteiger partial charge >= 0.3 is 5.97 Å². The number of carbonyl (C=O) groups excluding carboxylic acids is 5. The molecule has 5 amide bonds. The molecule has 3 N–H and O–H groups in total. The van der Waals surface area contributed by atoms with Crippen molar-refractivity contribution in [2.45, 2.75) is 28.7 Å². The number of aliphatic carboxylic acids is 1. The normalized spacial score (nSPS) is 19.5. The SMILES string of the molecule is Cc1nnc(SCC2=C(C(=O)O)N3C(=O)C(NC(=O)C(NC(=O)CN4C(=O)c5ccccc5C4=O)c4ccccc4)[C@@H]3SC2)s1. The highest BCUT2D eigenvalue weighted by Gasteiger charge is 2.54. The van der Waals surface area contributed by atoms with Gasteiger partial charge in [-0.15, -0.1) is 22.0 Å². The zero-order valence-corrected chi connectivity index (χ0v) is 25.9. The lowest BCUT2D eigenvalue weighted by molar-refractivity contribution is -0.151.